The first-order chi connectivity index (χ1) is 15.1. The summed E-state index contributed by atoms with van der Waals surface area (Å²) in [6.45, 7) is 1.37. The molecule has 1 saturated heterocycles. The number of benzene rings is 1. The maximum Gasteiger partial charge on any atom is 0.273 e. The van der Waals surface area contributed by atoms with Gasteiger partial charge in [0.15, 0.2) is 5.65 Å². The molecule has 0 spiro atoms. The highest BCUT2D eigenvalue weighted by atomic mass is 16.2. The summed E-state index contributed by atoms with van der Waals surface area (Å²) in [5, 5.41) is 11.9. The molecule has 1 unspecified atom stereocenters. The molecule has 1 aliphatic rings. The molecule has 9 heteroatoms. The maximum atomic E-state index is 12.9. The van der Waals surface area contributed by atoms with Crippen LogP contribution in [-0.4, -0.2) is 48.3 Å². The molecule has 1 N–H and O–H groups in total. The number of amides is 1. The quantitative estimate of drug-likeness (QED) is 0.541. The third-order valence-electron chi connectivity index (χ3n) is 5.91. The number of nitrogens with zero attached hydrogens (tertiary/aromatic N) is 5. The van der Waals surface area contributed by atoms with Gasteiger partial charge in [-0.3, -0.25) is 23.9 Å². The first-order valence-electron chi connectivity index (χ1n) is 10.4. The minimum atomic E-state index is -0.334. The van der Waals surface area contributed by atoms with Crippen LogP contribution in [0.15, 0.2) is 58.3 Å². The van der Waals surface area contributed by atoms with Crippen LogP contribution >= 0.6 is 0 Å². The Hall–Kier alpha value is -3.75. The number of aryl methyl sites for hydroxylation is 1. The summed E-state index contributed by atoms with van der Waals surface area (Å²) in [4.78, 5) is 39.6. The molecule has 1 atom stereocenters. The summed E-state index contributed by atoms with van der Waals surface area (Å²) in [6.07, 6.45) is 3.90. The van der Waals surface area contributed by atoms with Gasteiger partial charge in [-0.1, -0.05) is 18.2 Å². The van der Waals surface area contributed by atoms with Crippen molar-refractivity contribution in [2.45, 2.75) is 31.7 Å². The lowest BCUT2D eigenvalue weighted by molar-refractivity contribution is -0.132. The van der Waals surface area contributed by atoms with E-state index in [1.807, 2.05) is 33.7 Å². The molecule has 5 rings (SSSR count). The van der Waals surface area contributed by atoms with Crippen LogP contribution < -0.4 is 11.1 Å². The molecule has 31 heavy (non-hydrogen) atoms. The first kappa shape index (κ1) is 19.2. The first-order valence-corrected chi connectivity index (χ1v) is 10.4. The van der Waals surface area contributed by atoms with Gasteiger partial charge in [0.2, 0.25) is 5.91 Å². The highest BCUT2D eigenvalue weighted by Gasteiger charge is 2.27. The van der Waals surface area contributed by atoms with E-state index in [1.54, 1.807) is 24.3 Å². The number of aromatic amines is 1. The van der Waals surface area contributed by atoms with Crippen LogP contribution in [0.5, 0.6) is 0 Å². The van der Waals surface area contributed by atoms with E-state index >= 15 is 0 Å². The van der Waals surface area contributed by atoms with E-state index in [-0.39, 0.29) is 35.9 Å². The monoisotopic (exact) mass is 418 g/mol. The molecule has 158 valence electrons. The Morgan fingerprint density at radius 1 is 1.06 bits per heavy atom. The number of carbonyl (C=O) groups excluding carboxylic acids is 1. The topological polar surface area (TPSA) is 105 Å². The van der Waals surface area contributed by atoms with Gasteiger partial charge in [0.1, 0.15) is 5.82 Å². The summed E-state index contributed by atoms with van der Waals surface area (Å²) >= 11 is 0. The van der Waals surface area contributed by atoms with E-state index < -0.39 is 0 Å². The fourth-order valence-electron chi connectivity index (χ4n) is 4.32. The Balaban J connectivity index is 1.31. The number of hydrogen-bond donors (Lipinski definition) is 1. The van der Waals surface area contributed by atoms with Gasteiger partial charge < -0.3 is 4.90 Å². The third kappa shape index (κ3) is 3.52. The molecule has 1 aromatic carbocycles. The Labute approximate surface area is 176 Å². The van der Waals surface area contributed by atoms with Crippen LogP contribution in [0.25, 0.3) is 16.4 Å². The molecular formula is C22H22N6O3. The fourth-order valence-corrected chi connectivity index (χ4v) is 4.32. The van der Waals surface area contributed by atoms with Crippen molar-refractivity contribution < 1.29 is 4.79 Å². The number of fused-ring (bicyclic) bond motifs is 2. The summed E-state index contributed by atoms with van der Waals surface area (Å²) < 4.78 is 3.20. The zero-order valence-corrected chi connectivity index (χ0v) is 16.9. The van der Waals surface area contributed by atoms with Crippen LogP contribution in [0.3, 0.4) is 0 Å². The number of piperidine rings is 1. The van der Waals surface area contributed by atoms with Gasteiger partial charge in [0.05, 0.1) is 17.3 Å². The second-order valence-electron chi connectivity index (χ2n) is 7.86. The molecule has 3 aromatic heterocycles. The third-order valence-corrected chi connectivity index (χ3v) is 5.91. The van der Waals surface area contributed by atoms with Crippen LogP contribution in [0.2, 0.25) is 0 Å². The van der Waals surface area contributed by atoms with E-state index in [0.717, 1.165) is 24.3 Å². The molecule has 0 saturated carbocycles. The van der Waals surface area contributed by atoms with Crippen molar-refractivity contribution in [3.05, 3.63) is 75.2 Å². The van der Waals surface area contributed by atoms with Crippen molar-refractivity contribution in [2.75, 3.05) is 13.1 Å². The Morgan fingerprint density at radius 3 is 2.74 bits per heavy atom. The van der Waals surface area contributed by atoms with Crippen LogP contribution in [0.1, 0.15) is 31.0 Å². The summed E-state index contributed by atoms with van der Waals surface area (Å²) in [6, 6.07) is 12.5. The van der Waals surface area contributed by atoms with Gasteiger partial charge in [-0.15, -0.1) is 10.2 Å². The molecule has 1 fully saturated rings. The van der Waals surface area contributed by atoms with Crippen molar-refractivity contribution in [3.63, 3.8) is 0 Å². The lowest BCUT2D eigenvalue weighted by Gasteiger charge is -2.32. The second-order valence-corrected chi connectivity index (χ2v) is 7.86. The molecule has 0 radical (unpaired) electrons. The number of rotatable bonds is 4. The van der Waals surface area contributed by atoms with Crippen LogP contribution in [0.4, 0.5) is 0 Å². The van der Waals surface area contributed by atoms with Crippen molar-refractivity contribution in [1.29, 1.82) is 0 Å². The number of hydrogen-bond acceptors (Lipinski definition) is 5. The molecule has 1 amide bonds. The van der Waals surface area contributed by atoms with Gasteiger partial charge >= 0.3 is 0 Å². The number of aromatic nitrogens is 5. The molecule has 1 aliphatic heterocycles. The van der Waals surface area contributed by atoms with E-state index in [9.17, 15) is 14.4 Å². The van der Waals surface area contributed by atoms with Gasteiger partial charge in [-0.05, 0) is 37.1 Å². The largest absolute Gasteiger partial charge is 0.342 e. The predicted octanol–water partition coefficient (Wildman–Crippen LogP) is 1.53. The lowest BCUT2D eigenvalue weighted by atomic mass is 9.97. The zero-order valence-electron chi connectivity index (χ0n) is 16.9. The molecular weight excluding hydrogens is 396 g/mol. The number of pyridine rings is 1. The molecule has 0 aliphatic carbocycles. The highest BCUT2D eigenvalue weighted by Crippen LogP contribution is 2.26. The van der Waals surface area contributed by atoms with Gasteiger partial charge in [-0.2, -0.15) is 0 Å². The number of H-pyrrole nitrogens is 1. The minimum Gasteiger partial charge on any atom is -0.342 e. The smallest absolute Gasteiger partial charge is 0.273 e. The Morgan fingerprint density at radius 2 is 1.87 bits per heavy atom. The van der Waals surface area contributed by atoms with Crippen LogP contribution in [0, 0.1) is 0 Å². The minimum absolute atomic E-state index is 0.0422. The lowest BCUT2D eigenvalue weighted by Crippen LogP contribution is -2.40. The summed E-state index contributed by atoms with van der Waals surface area (Å²) in [7, 11) is 0. The Bertz CT molecular complexity index is 1390. The zero-order chi connectivity index (χ0) is 21.4. The van der Waals surface area contributed by atoms with Crippen molar-refractivity contribution >= 4 is 22.3 Å². The highest BCUT2D eigenvalue weighted by molar-refractivity contribution is 5.80. The normalized spacial score (nSPS) is 16.8. The van der Waals surface area contributed by atoms with Gasteiger partial charge in [0, 0.05) is 31.6 Å². The van der Waals surface area contributed by atoms with Crippen molar-refractivity contribution in [1.82, 2.24) is 29.3 Å². The standard InChI is InChI=1S/C22H22N6O3/c29-19(10-13-28-22(31)17-8-2-1-7-16(17)21(30)25-28)26-11-5-6-15(14-26)20-24-23-18-9-3-4-12-27(18)20/h1-4,7-9,12,15H,5-6,10-11,13-14H2,(H,25,30). The predicted molar refractivity (Wildman–Crippen MR) is 115 cm³/mol. The van der Waals surface area contributed by atoms with E-state index in [2.05, 4.69) is 15.3 Å². The van der Waals surface area contributed by atoms with Crippen molar-refractivity contribution in [2.24, 2.45) is 0 Å². The van der Waals surface area contributed by atoms with Gasteiger partial charge in [0.25, 0.3) is 11.1 Å². The van der Waals surface area contributed by atoms with Gasteiger partial charge in [-0.25, -0.2) is 4.68 Å². The SMILES string of the molecule is O=C(CCn1[nH]c(=O)c2ccccc2c1=O)N1CCCC(c2nnc3ccccn23)C1. The average molecular weight is 418 g/mol. The molecule has 0 bridgehead atoms. The van der Waals surface area contributed by atoms with E-state index in [4.69, 9.17) is 0 Å². The molecule has 4 aromatic rings. The van der Waals surface area contributed by atoms with Crippen molar-refractivity contribution in [3.8, 4) is 0 Å². The number of carbonyl (C=O) groups is 1. The summed E-state index contributed by atoms with van der Waals surface area (Å²) in [5.41, 5.74) is 0.161. The molecule has 4 heterocycles. The average Bonchev–Trinajstić information content (AvgIpc) is 3.25. The molecule has 9 nitrogen and oxygen atoms in total. The number of nitrogens with one attached hydrogen (secondary N) is 1. The summed E-state index contributed by atoms with van der Waals surface area (Å²) in [5.74, 6) is 0.931. The Kier molecular flexibility index (Phi) is 4.85. The van der Waals surface area contributed by atoms with E-state index in [0.29, 0.717) is 23.9 Å². The van der Waals surface area contributed by atoms with E-state index in [1.165, 1.54) is 4.68 Å². The maximum absolute atomic E-state index is 12.9. The second kappa shape index (κ2) is 7.82. The van der Waals surface area contributed by atoms with Crippen LogP contribution in [-0.2, 0) is 11.3 Å². The number of likely N-dealkylation sites (tertiary alicyclic amines) is 1. The fraction of sp³-hybridized carbons (Fsp3) is 0.318.